The number of hydrogen-bond acceptors (Lipinski definition) is 5. The third-order valence-corrected chi connectivity index (χ3v) is 3.50. The van der Waals surface area contributed by atoms with Crippen molar-refractivity contribution in [3.05, 3.63) is 24.6 Å². The topological polar surface area (TPSA) is 92.4 Å². The first-order valence-electron chi connectivity index (χ1n) is 5.53. The number of rotatable bonds is 5. The molecule has 6 nitrogen and oxygen atoms in total. The second kappa shape index (κ2) is 5.75. The maximum atomic E-state index is 11.0. The smallest absolute Gasteiger partial charge is 0.327 e. The molecular formula is C12H12N2O4S. The highest BCUT2D eigenvalue weighted by atomic mass is 32.2. The number of hydrogen-bond donors (Lipinski definition) is 2. The van der Waals surface area contributed by atoms with Gasteiger partial charge in [-0.3, -0.25) is 4.79 Å². The molecule has 0 radical (unpaired) electrons. The monoisotopic (exact) mass is 280 g/mol. The Bertz CT molecular complexity index is 611. The Morgan fingerprint density at radius 3 is 3.00 bits per heavy atom. The molecule has 0 bridgehead atoms. The van der Waals surface area contributed by atoms with E-state index in [4.69, 9.17) is 9.52 Å². The lowest BCUT2D eigenvalue weighted by molar-refractivity contribution is -0.140. The van der Waals surface area contributed by atoms with Crippen LogP contribution >= 0.6 is 11.8 Å². The number of pyridine rings is 1. The first-order valence-corrected chi connectivity index (χ1v) is 6.51. The van der Waals surface area contributed by atoms with E-state index in [-0.39, 0.29) is 11.7 Å². The van der Waals surface area contributed by atoms with Gasteiger partial charge in [0.05, 0.1) is 11.6 Å². The van der Waals surface area contributed by atoms with E-state index in [9.17, 15) is 9.59 Å². The summed E-state index contributed by atoms with van der Waals surface area (Å²) in [4.78, 5) is 26.1. The molecule has 2 heterocycles. The van der Waals surface area contributed by atoms with Crippen LogP contribution in [0.4, 0.5) is 0 Å². The van der Waals surface area contributed by atoms with Gasteiger partial charge >= 0.3 is 5.97 Å². The van der Waals surface area contributed by atoms with Crippen LogP contribution in [0.3, 0.4) is 0 Å². The van der Waals surface area contributed by atoms with Crippen LogP contribution in [0.15, 0.2) is 34.0 Å². The van der Waals surface area contributed by atoms with E-state index in [0.717, 1.165) is 5.39 Å². The number of carboxylic acids is 1. The van der Waals surface area contributed by atoms with Gasteiger partial charge in [0, 0.05) is 18.9 Å². The third-order valence-electron chi connectivity index (χ3n) is 2.41. The van der Waals surface area contributed by atoms with Gasteiger partial charge in [0.1, 0.15) is 16.7 Å². The average molecular weight is 280 g/mol. The van der Waals surface area contributed by atoms with Crippen molar-refractivity contribution in [1.82, 2.24) is 10.3 Å². The van der Waals surface area contributed by atoms with Gasteiger partial charge in [0.25, 0.3) is 0 Å². The number of nitrogens with one attached hydrogen (secondary N) is 1. The first kappa shape index (κ1) is 13.4. The fraction of sp³-hybridized carbons (Fsp3) is 0.250. The van der Waals surface area contributed by atoms with Crippen molar-refractivity contribution in [3.63, 3.8) is 0 Å². The zero-order valence-electron chi connectivity index (χ0n) is 10.1. The summed E-state index contributed by atoms with van der Waals surface area (Å²) >= 11 is 1.27. The molecule has 2 N–H and O–H groups in total. The number of amides is 1. The van der Waals surface area contributed by atoms with Gasteiger partial charge in [-0.15, -0.1) is 11.8 Å². The van der Waals surface area contributed by atoms with Crippen LogP contribution in [0.25, 0.3) is 11.0 Å². The molecule has 0 saturated carbocycles. The quantitative estimate of drug-likeness (QED) is 0.806. The minimum atomic E-state index is -1.07. The zero-order chi connectivity index (χ0) is 13.8. The number of carbonyl (C=O) groups excluding carboxylic acids is 1. The summed E-state index contributed by atoms with van der Waals surface area (Å²) in [6.45, 7) is 1.29. The molecule has 0 saturated heterocycles. The largest absolute Gasteiger partial charge is 0.480 e. The summed E-state index contributed by atoms with van der Waals surface area (Å²) in [5.41, 5.74) is 0.698. The predicted octanol–water partition coefficient (Wildman–Crippen LogP) is 1.51. The highest BCUT2D eigenvalue weighted by Gasteiger charge is 2.19. The molecule has 0 fully saturated rings. The van der Waals surface area contributed by atoms with E-state index in [1.54, 1.807) is 24.6 Å². The molecule has 100 valence electrons. The molecule has 0 aromatic carbocycles. The summed E-state index contributed by atoms with van der Waals surface area (Å²) in [5.74, 6) is -1.24. The number of nitrogens with zero attached hydrogens (tertiary/aromatic N) is 1. The summed E-state index contributed by atoms with van der Waals surface area (Å²) in [7, 11) is 0. The van der Waals surface area contributed by atoms with Crippen molar-refractivity contribution >= 4 is 34.6 Å². The van der Waals surface area contributed by atoms with Crippen LogP contribution in [0.1, 0.15) is 6.92 Å². The molecule has 2 aromatic heterocycles. The van der Waals surface area contributed by atoms with Gasteiger partial charge in [-0.2, -0.15) is 0 Å². The Morgan fingerprint density at radius 2 is 2.32 bits per heavy atom. The molecular weight excluding hydrogens is 268 g/mol. The van der Waals surface area contributed by atoms with Gasteiger partial charge in [-0.1, -0.05) is 0 Å². The van der Waals surface area contributed by atoms with Crippen molar-refractivity contribution < 1.29 is 19.1 Å². The van der Waals surface area contributed by atoms with Gasteiger partial charge in [-0.25, -0.2) is 9.78 Å². The summed E-state index contributed by atoms with van der Waals surface area (Å²) in [5, 5.41) is 12.9. The van der Waals surface area contributed by atoms with Crippen LogP contribution in [-0.2, 0) is 9.59 Å². The van der Waals surface area contributed by atoms with Crippen molar-refractivity contribution in [3.8, 4) is 0 Å². The first-order chi connectivity index (χ1) is 9.08. The predicted molar refractivity (Wildman–Crippen MR) is 70.0 cm³/mol. The van der Waals surface area contributed by atoms with E-state index in [0.29, 0.717) is 10.6 Å². The Morgan fingerprint density at radius 1 is 1.53 bits per heavy atom. The van der Waals surface area contributed by atoms with Crippen molar-refractivity contribution in [2.45, 2.75) is 18.0 Å². The molecule has 7 heteroatoms. The van der Waals surface area contributed by atoms with E-state index in [2.05, 4.69) is 10.3 Å². The second-order valence-corrected chi connectivity index (χ2v) is 4.86. The maximum Gasteiger partial charge on any atom is 0.327 e. The number of aromatic nitrogens is 1. The van der Waals surface area contributed by atoms with Crippen LogP contribution in [-0.4, -0.2) is 33.8 Å². The molecule has 19 heavy (non-hydrogen) atoms. The normalized spacial score (nSPS) is 12.3. The highest BCUT2D eigenvalue weighted by molar-refractivity contribution is 7.99. The van der Waals surface area contributed by atoms with Gasteiger partial charge in [0.15, 0.2) is 0 Å². The lowest BCUT2D eigenvalue weighted by Crippen LogP contribution is -2.41. The van der Waals surface area contributed by atoms with E-state index in [1.807, 2.05) is 0 Å². The summed E-state index contributed by atoms with van der Waals surface area (Å²) in [6.07, 6.45) is 3.15. The average Bonchev–Trinajstić information content (AvgIpc) is 2.82. The minimum Gasteiger partial charge on any atom is -0.480 e. The second-order valence-electron chi connectivity index (χ2n) is 3.85. The van der Waals surface area contributed by atoms with Crippen molar-refractivity contribution in [1.29, 1.82) is 0 Å². The zero-order valence-corrected chi connectivity index (χ0v) is 10.9. The van der Waals surface area contributed by atoms with Crippen molar-refractivity contribution in [2.75, 3.05) is 5.75 Å². The van der Waals surface area contributed by atoms with Gasteiger partial charge in [-0.05, 0) is 12.1 Å². The number of carboxylic acid groups (broad SMARTS) is 1. The summed E-state index contributed by atoms with van der Waals surface area (Å²) < 4.78 is 5.24. The van der Waals surface area contributed by atoms with E-state index < -0.39 is 12.0 Å². The Kier molecular flexibility index (Phi) is 4.06. The highest BCUT2D eigenvalue weighted by Crippen LogP contribution is 2.26. The number of fused-ring (bicyclic) bond motifs is 1. The van der Waals surface area contributed by atoms with Crippen LogP contribution < -0.4 is 5.32 Å². The van der Waals surface area contributed by atoms with Crippen LogP contribution in [0.2, 0.25) is 0 Å². The lowest BCUT2D eigenvalue weighted by atomic mass is 10.3. The van der Waals surface area contributed by atoms with E-state index in [1.165, 1.54) is 18.7 Å². The SMILES string of the molecule is CC(=O)N[C@@H](CSc1nccc2occc12)C(=O)O. The van der Waals surface area contributed by atoms with Gasteiger partial charge < -0.3 is 14.8 Å². The standard InChI is InChI=1S/C12H12N2O4S/c1-7(15)14-9(12(16)17)6-19-11-8-3-5-18-10(8)2-4-13-11/h2-5,9H,6H2,1H3,(H,14,15)(H,16,17)/t9-/m0/s1. The summed E-state index contributed by atoms with van der Waals surface area (Å²) in [6, 6.07) is 2.58. The number of aliphatic carboxylic acids is 1. The van der Waals surface area contributed by atoms with Crippen LogP contribution in [0, 0.1) is 0 Å². The Balaban J connectivity index is 2.10. The maximum absolute atomic E-state index is 11.0. The Labute approximate surface area is 113 Å². The lowest BCUT2D eigenvalue weighted by Gasteiger charge is -2.12. The molecule has 0 aliphatic heterocycles. The fourth-order valence-corrected chi connectivity index (χ4v) is 2.58. The number of carbonyl (C=O) groups is 2. The third kappa shape index (κ3) is 3.25. The number of thioether (sulfide) groups is 1. The fourth-order valence-electron chi connectivity index (χ4n) is 1.57. The van der Waals surface area contributed by atoms with Crippen molar-refractivity contribution in [2.24, 2.45) is 0 Å². The molecule has 0 spiro atoms. The molecule has 0 unspecified atom stereocenters. The molecule has 1 amide bonds. The molecule has 0 aliphatic rings. The minimum absolute atomic E-state index is 0.201. The van der Waals surface area contributed by atoms with Crippen LogP contribution in [0.5, 0.6) is 0 Å². The molecule has 1 atom stereocenters. The Hall–Kier alpha value is -2.02. The van der Waals surface area contributed by atoms with E-state index >= 15 is 0 Å². The van der Waals surface area contributed by atoms with Gasteiger partial charge in [0.2, 0.25) is 5.91 Å². The molecule has 0 aliphatic carbocycles. The number of furan rings is 1. The molecule has 2 rings (SSSR count). The molecule has 2 aromatic rings.